The fourth-order valence-corrected chi connectivity index (χ4v) is 6.85. The quantitative estimate of drug-likeness (QED) is 0.126. The minimum Gasteiger partial charge on any atom is -0.497 e. The zero-order chi connectivity index (χ0) is 36.6. The molecule has 4 aromatic carbocycles. The lowest BCUT2D eigenvalue weighted by atomic mass is 10.0. The minimum atomic E-state index is -0.235. The first-order valence-corrected chi connectivity index (χ1v) is 17.2. The normalized spacial score (nSPS) is 14.0. The smallest absolute Gasteiger partial charge is 0.277 e. The van der Waals surface area contributed by atoms with Gasteiger partial charge in [0, 0.05) is 35.6 Å². The summed E-state index contributed by atoms with van der Waals surface area (Å²) in [5.74, 6) is 0.712. The summed E-state index contributed by atoms with van der Waals surface area (Å²) in [7, 11) is 1.59. The summed E-state index contributed by atoms with van der Waals surface area (Å²) < 4.78 is 8.59. The maximum atomic E-state index is 13.9. The molecule has 0 bridgehead atoms. The van der Waals surface area contributed by atoms with Gasteiger partial charge in [-0.05, 0) is 112 Å². The predicted octanol–water partition coefficient (Wildman–Crippen LogP) is 7.07. The molecule has 264 valence electrons. The van der Waals surface area contributed by atoms with Crippen molar-refractivity contribution < 1.29 is 19.1 Å². The van der Waals surface area contributed by atoms with Crippen LogP contribution in [0.15, 0.2) is 107 Å². The summed E-state index contributed by atoms with van der Waals surface area (Å²) in [5.41, 5.74) is 8.90. The van der Waals surface area contributed by atoms with Crippen molar-refractivity contribution in [2.75, 3.05) is 35.3 Å². The van der Waals surface area contributed by atoms with E-state index >= 15 is 0 Å². The third kappa shape index (κ3) is 6.11. The molecule has 4 heterocycles. The average Bonchev–Trinajstić information content (AvgIpc) is 3.73. The van der Waals surface area contributed by atoms with E-state index in [2.05, 4.69) is 20.6 Å². The van der Waals surface area contributed by atoms with E-state index in [4.69, 9.17) is 9.84 Å². The number of rotatable bonds is 9. The molecule has 0 radical (unpaired) electrons. The van der Waals surface area contributed by atoms with Crippen molar-refractivity contribution in [1.29, 1.82) is 0 Å². The highest BCUT2D eigenvalue weighted by Crippen LogP contribution is 2.33. The van der Waals surface area contributed by atoms with Crippen molar-refractivity contribution in [2.24, 2.45) is 10.2 Å². The van der Waals surface area contributed by atoms with E-state index in [1.54, 1.807) is 50.5 Å². The lowest BCUT2D eigenvalue weighted by Gasteiger charge is -2.28. The number of hydrogen-bond donors (Lipinski definition) is 1. The number of carbonyl (C=O) groups is 3. The highest BCUT2D eigenvalue weighted by molar-refractivity contribution is 6.09. The van der Waals surface area contributed by atoms with Crippen LogP contribution < -0.4 is 19.9 Å². The van der Waals surface area contributed by atoms with Crippen molar-refractivity contribution >= 4 is 46.8 Å². The Kier molecular flexibility index (Phi) is 8.58. The second-order valence-electron chi connectivity index (χ2n) is 12.9. The zero-order valence-corrected chi connectivity index (χ0v) is 29.4. The monoisotopic (exact) mass is 705 g/mol. The van der Waals surface area contributed by atoms with E-state index in [0.29, 0.717) is 83.6 Å². The summed E-state index contributed by atoms with van der Waals surface area (Å²) in [4.78, 5) is 42.5. The number of ether oxygens (including phenoxy) is 1. The number of methoxy groups -OCH3 is 1. The number of carbonyl (C=O) groups excluding carboxylic acids is 3. The lowest BCUT2D eigenvalue weighted by Crippen LogP contribution is -2.38. The largest absolute Gasteiger partial charge is 0.497 e. The molecule has 0 saturated heterocycles. The van der Waals surface area contributed by atoms with Gasteiger partial charge in [-0.15, -0.1) is 5.10 Å². The molecule has 2 aliphatic heterocycles. The summed E-state index contributed by atoms with van der Waals surface area (Å²) in [6.07, 6.45) is 1.78. The molecule has 0 fully saturated rings. The van der Waals surface area contributed by atoms with E-state index in [0.717, 1.165) is 28.2 Å². The van der Waals surface area contributed by atoms with Gasteiger partial charge >= 0.3 is 0 Å². The van der Waals surface area contributed by atoms with Gasteiger partial charge in [0.25, 0.3) is 11.8 Å². The molecule has 0 spiro atoms. The zero-order valence-electron chi connectivity index (χ0n) is 29.4. The van der Waals surface area contributed by atoms with Crippen LogP contribution in [0.5, 0.6) is 5.75 Å². The Morgan fingerprint density at radius 2 is 1.11 bits per heavy atom. The Bertz CT molecular complexity index is 2380. The van der Waals surface area contributed by atoms with Crippen LogP contribution in [0, 0.1) is 13.8 Å². The Labute approximate surface area is 305 Å². The van der Waals surface area contributed by atoms with E-state index in [1.807, 2.05) is 86.6 Å². The predicted molar refractivity (Wildman–Crippen MR) is 201 cm³/mol. The number of aryl methyl sites for hydroxylation is 2. The third-order valence-electron chi connectivity index (χ3n) is 9.63. The molecule has 53 heavy (non-hydrogen) atoms. The van der Waals surface area contributed by atoms with Crippen molar-refractivity contribution in [3.05, 3.63) is 131 Å². The van der Waals surface area contributed by atoms with Crippen LogP contribution in [0.2, 0.25) is 0 Å². The number of fused-ring (bicyclic) bond motifs is 2. The molecule has 0 saturated carbocycles. The van der Waals surface area contributed by atoms with Gasteiger partial charge in [-0.1, -0.05) is 17.7 Å². The fourth-order valence-electron chi connectivity index (χ4n) is 6.85. The molecule has 2 aromatic heterocycles. The first-order chi connectivity index (χ1) is 25.8. The number of anilines is 3. The minimum absolute atomic E-state index is 0.0893. The van der Waals surface area contributed by atoms with Crippen LogP contribution in [0.4, 0.5) is 28.6 Å². The SMILES string of the molecule is COc1ccc(-n2nc(NC=O)c3c2C(=O)N(c2ccc(N=Nc4ccc(N5CCc6c(C)nn(-c7ccc(C)cc7)c6C5=O)cc4)cc2)CC3)cc1. The summed E-state index contributed by atoms with van der Waals surface area (Å²) >= 11 is 0. The molecule has 1 N–H and O–H groups in total. The first kappa shape index (κ1) is 33.3. The van der Waals surface area contributed by atoms with E-state index in [1.165, 1.54) is 0 Å². The van der Waals surface area contributed by atoms with Gasteiger partial charge < -0.3 is 19.9 Å². The summed E-state index contributed by atoms with van der Waals surface area (Å²) in [5, 5.41) is 20.7. The van der Waals surface area contributed by atoms with Crippen LogP contribution >= 0.6 is 0 Å². The molecule has 13 nitrogen and oxygen atoms in total. The maximum absolute atomic E-state index is 13.9. The summed E-state index contributed by atoms with van der Waals surface area (Å²) in [6, 6.07) is 29.9. The van der Waals surface area contributed by atoms with Crippen LogP contribution in [0.25, 0.3) is 11.4 Å². The molecule has 3 amide bonds. The molecule has 0 unspecified atom stereocenters. The van der Waals surface area contributed by atoms with Crippen LogP contribution in [0.1, 0.15) is 43.4 Å². The molecule has 8 rings (SSSR count). The maximum Gasteiger partial charge on any atom is 0.277 e. The van der Waals surface area contributed by atoms with E-state index in [-0.39, 0.29) is 11.8 Å². The second kappa shape index (κ2) is 13.7. The third-order valence-corrected chi connectivity index (χ3v) is 9.63. The molecular formula is C40H35N9O4. The van der Waals surface area contributed by atoms with E-state index < -0.39 is 0 Å². The van der Waals surface area contributed by atoms with Crippen molar-refractivity contribution in [3.8, 4) is 17.1 Å². The van der Waals surface area contributed by atoms with Gasteiger partial charge in [-0.3, -0.25) is 14.4 Å². The van der Waals surface area contributed by atoms with Crippen molar-refractivity contribution in [2.45, 2.75) is 26.7 Å². The number of nitrogens with zero attached hydrogens (tertiary/aromatic N) is 8. The van der Waals surface area contributed by atoms with Crippen LogP contribution in [0.3, 0.4) is 0 Å². The van der Waals surface area contributed by atoms with Gasteiger partial charge in [0.1, 0.15) is 17.1 Å². The number of aromatic nitrogens is 4. The van der Waals surface area contributed by atoms with Gasteiger partial charge in [0.2, 0.25) is 6.41 Å². The van der Waals surface area contributed by atoms with Crippen LogP contribution in [-0.2, 0) is 17.6 Å². The van der Waals surface area contributed by atoms with Gasteiger partial charge in [-0.25, -0.2) is 9.36 Å². The Morgan fingerprint density at radius 3 is 1.64 bits per heavy atom. The van der Waals surface area contributed by atoms with Gasteiger partial charge in [0.05, 0.1) is 35.6 Å². The number of nitrogens with one attached hydrogen (secondary N) is 1. The number of benzene rings is 4. The average molecular weight is 706 g/mol. The highest BCUT2D eigenvalue weighted by Gasteiger charge is 2.34. The molecular weight excluding hydrogens is 670 g/mol. The Balaban J connectivity index is 0.970. The van der Waals surface area contributed by atoms with E-state index in [9.17, 15) is 14.4 Å². The second-order valence-corrected chi connectivity index (χ2v) is 12.9. The van der Waals surface area contributed by atoms with Crippen molar-refractivity contribution in [3.63, 3.8) is 0 Å². The Hall–Kier alpha value is -6.89. The number of hydrogen-bond acceptors (Lipinski definition) is 8. The van der Waals surface area contributed by atoms with Gasteiger partial charge in [0.15, 0.2) is 5.82 Å². The fraction of sp³-hybridized carbons (Fsp3) is 0.175. The molecule has 0 aliphatic carbocycles. The van der Waals surface area contributed by atoms with Crippen LogP contribution in [-0.4, -0.2) is 58.0 Å². The number of amides is 3. The topological polar surface area (TPSA) is 139 Å². The first-order valence-electron chi connectivity index (χ1n) is 17.2. The summed E-state index contributed by atoms with van der Waals surface area (Å²) in [6.45, 7) is 4.95. The Morgan fingerprint density at radius 1 is 0.642 bits per heavy atom. The molecule has 2 aliphatic rings. The highest BCUT2D eigenvalue weighted by atomic mass is 16.5. The number of azo groups is 1. The molecule has 13 heteroatoms. The lowest BCUT2D eigenvalue weighted by molar-refractivity contribution is -0.105. The standard InChI is InChI=1S/C40H35N9O4/c1-25-4-10-31(11-5-25)48-36-34(26(2)44-48)20-22-46(39(36)51)29-12-6-27(7-13-29)42-43-28-8-14-30(15-9-28)47-23-21-35-37(40(47)52)49(45-38(35)41-24-50)32-16-18-33(53-3)19-17-32/h4-19,24H,20-23H2,1-3H3,(H,41,45,50). The molecule has 0 atom stereocenters. The van der Waals surface area contributed by atoms with Crippen molar-refractivity contribution in [1.82, 2.24) is 19.6 Å². The molecule has 6 aromatic rings. The van der Waals surface area contributed by atoms with Gasteiger partial charge in [-0.2, -0.15) is 15.3 Å².